The van der Waals surface area contributed by atoms with E-state index in [1.54, 1.807) is 18.7 Å². The number of ketones is 1. The van der Waals surface area contributed by atoms with Crippen molar-refractivity contribution in [3.05, 3.63) is 47.5 Å². The Morgan fingerprint density at radius 1 is 1.16 bits per heavy atom. The van der Waals surface area contributed by atoms with E-state index in [0.717, 1.165) is 12.8 Å². The summed E-state index contributed by atoms with van der Waals surface area (Å²) < 4.78 is 11.0. The number of nitrogens with zero attached hydrogens (tertiary/aromatic N) is 1. The van der Waals surface area contributed by atoms with Gasteiger partial charge in [0.05, 0.1) is 0 Å². The number of aliphatic hydroxyl groups is 1. The summed E-state index contributed by atoms with van der Waals surface area (Å²) in [5.41, 5.74) is 1.50. The molecule has 1 aromatic carbocycles. The van der Waals surface area contributed by atoms with Crippen molar-refractivity contribution in [2.45, 2.75) is 72.9 Å². The van der Waals surface area contributed by atoms with Gasteiger partial charge in [-0.05, 0) is 44.6 Å². The molecule has 0 amide bonds. The van der Waals surface area contributed by atoms with Crippen LogP contribution in [0.5, 0.6) is 0 Å². The molecule has 0 aromatic heterocycles. The summed E-state index contributed by atoms with van der Waals surface area (Å²) in [6.07, 6.45) is 3.64. The summed E-state index contributed by atoms with van der Waals surface area (Å²) in [6, 6.07) is 10.2. The average Bonchev–Trinajstić information content (AvgIpc) is 2.80. The maximum Gasteiger partial charge on any atom is 0.316 e. The molecule has 2 rings (SSSR count). The number of esters is 1. The smallest absolute Gasteiger partial charge is 0.316 e. The molecule has 178 valence electrons. The molecule has 0 spiro atoms. The second kappa shape index (κ2) is 11.7. The predicted molar refractivity (Wildman–Crippen MR) is 124 cm³/mol. The minimum absolute atomic E-state index is 0.0481. The molecule has 0 saturated carbocycles. The topological polar surface area (TPSA) is 76.1 Å². The maximum atomic E-state index is 12.4. The van der Waals surface area contributed by atoms with Crippen molar-refractivity contribution in [2.75, 3.05) is 13.2 Å². The lowest BCUT2D eigenvalue weighted by Crippen LogP contribution is -2.69. The standard InChI is InChI=1S/C26H39NO5/c1-7-18(3)22(15-14-21-12-10-9-11-13-21)16-27-25(30)32-26(27,6)17-31-24(29)20(5)23(28)19(4)8-2/h9-13,15,18-20,25,30H,7-8,14,16-17H2,1-6H3/b22-15-/t18-,19-,20?,25?,26-/m1/s1. The van der Waals surface area contributed by atoms with Gasteiger partial charge in [-0.25, -0.2) is 4.90 Å². The first kappa shape index (κ1) is 26.2. The molecular weight excluding hydrogens is 406 g/mol. The van der Waals surface area contributed by atoms with Gasteiger partial charge in [-0.2, -0.15) is 0 Å². The molecule has 0 radical (unpaired) electrons. The highest BCUT2D eigenvalue weighted by atomic mass is 16.7. The van der Waals surface area contributed by atoms with Crippen molar-refractivity contribution in [3.63, 3.8) is 0 Å². The summed E-state index contributed by atoms with van der Waals surface area (Å²) in [5.74, 6) is -1.32. The zero-order chi connectivity index (χ0) is 23.9. The van der Waals surface area contributed by atoms with Gasteiger partial charge in [0.25, 0.3) is 0 Å². The van der Waals surface area contributed by atoms with Crippen LogP contribution >= 0.6 is 0 Å². The Morgan fingerprint density at radius 2 is 1.78 bits per heavy atom. The van der Waals surface area contributed by atoms with Gasteiger partial charge >= 0.3 is 5.97 Å². The van der Waals surface area contributed by atoms with Gasteiger partial charge in [-0.15, -0.1) is 0 Å². The fourth-order valence-corrected chi connectivity index (χ4v) is 3.72. The van der Waals surface area contributed by atoms with E-state index in [9.17, 15) is 14.7 Å². The third-order valence-electron chi connectivity index (χ3n) is 6.64. The monoisotopic (exact) mass is 445 g/mol. The van der Waals surface area contributed by atoms with E-state index in [2.05, 4.69) is 32.1 Å². The predicted octanol–water partition coefficient (Wildman–Crippen LogP) is 4.32. The van der Waals surface area contributed by atoms with E-state index in [0.29, 0.717) is 18.9 Å². The van der Waals surface area contributed by atoms with Crippen LogP contribution in [-0.2, 0) is 25.5 Å². The van der Waals surface area contributed by atoms with Gasteiger partial charge in [0.1, 0.15) is 18.3 Å². The van der Waals surface area contributed by atoms with E-state index in [4.69, 9.17) is 9.47 Å². The fourth-order valence-electron chi connectivity index (χ4n) is 3.72. The van der Waals surface area contributed by atoms with Gasteiger partial charge in [0.2, 0.25) is 6.41 Å². The normalized spacial score (nSPS) is 24.3. The molecule has 6 heteroatoms. The summed E-state index contributed by atoms with van der Waals surface area (Å²) in [7, 11) is 0. The molecule has 0 bridgehead atoms. The number of Topliss-reactive ketones (excluding diaryl/α,β-unsaturated/α-hetero) is 1. The van der Waals surface area contributed by atoms with Crippen LogP contribution in [0.4, 0.5) is 0 Å². The van der Waals surface area contributed by atoms with Crippen molar-refractivity contribution in [2.24, 2.45) is 17.8 Å². The number of carbonyl (C=O) groups is 2. The minimum atomic E-state index is -1.05. The Kier molecular flexibility index (Phi) is 9.62. The number of hydrogen-bond acceptors (Lipinski definition) is 6. The van der Waals surface area contributed by atoms with Crippen molar-refractivity contribution in [1.29, 1.82) is 0 Å². The lowest BCUT2D eigenvalue weighted by molar-refractivity contribution is -0.421. The van der Waals surface area contributed by atoms with E-state index in [1.807, 2.05) is 32.0 Å². The van der Waals surface area contributed by atoms with Crippen molar-refractivity contribution in [1.82, 2.24) is 4.90 Å². The largest absolute Gasteiger partial charge is 0.461 e. The van der Waals surface area contributed by atoms with Crippen LogP contribution in [0.3, 0.4) is 0 Å². The van der Waals surface area contributed by atoms with Crippen LogP contribution < -0.4 is 0 Å². The molecule has 1 aromatic rings. The molecule has 1 saturated heterocycles. The summed E-state index contributed by atoms with van der Waals surface area (Å²) in [4.78, 5) is 26.5. The van der Waals surface area contributed by atoms with Gasteiger partial charge in [0.15, 0.2) is 5.72 Å². The Labute approximate surface area is 192 Å². The second-order valence-electron chi connectivity index (χ2n) is 9.07. The molecule has 32 heavy (non-hydrogen) atoms. The molecule has 5 atom stereocenters. The summed E-state index contributed by atoms with van der Waals surface area (Å²) in [6.45, 7) is 11.9. The number of ether oxygens (including phenoxy) is 2. The van der Waals surface area contributed by atoms with Crippen LogP contribution in [0, 0.1) is 17.8 Å². The van der Waals surface area contributed by atoms with Gasteiger partial charge in [-0.1, -0.05) is 69.7 Å². The number of rotatable bonds is 12. The number of hydrogen-bond donors (Lipinski definition) is 1. The lowest BCUT2D eigenvalue weighted by atomic mass is 9.93. The summed E-state index contributed by atoms with van der Waals surface area (Å²) in [5, 5.41) is 10.3. The molecule has 1 aliphatic heterocycles. The van der Waals surface area contributed by atoms with Crippen LogP contribution in [-0.4, -0.2) is 47.0 Å². The van der Waals surface area contributed by atoms with Crippen LogP contribution in [0.1, 0.15) is 59.9 Å². The molecule has 1 aliphatic rings. The zero-order valence-electron chi connectivity index (χ0n) is 20.3. The number of allylic oxidation sites excluding steroid dienone is 1. The highest BCUT2D eigenvalue weighted by Gasteiger charge is 2.50. The number of aliphatic hydroxyl groups excluding tert-OH is 1. The lowest BCUT2D eigenvalue weighted by Gasteiger charge is -2.53. The molecule has 0 aliphatic carbocycles. The van der Waals surface area contributed by atoms with Crippen LogP contribution in [0.15, 0.2) is 42.0 Å². The van der Waals surface area contributed by atoms with Gasteiger partial charge < -0.3 is 14.6 Å². The molecule has 2 unspecified atom stereocenters. The Bertz CT molecular complexity index is 793. The van der Waals surface area contributed by atoms with Crippen molar-refractivity contribution >= 4 is 11.8 Å². The first-order valence-electron chi connectivity index (χ1n) is 11.7. The Hall–Kier alpha value is -2.02. The minimum Gasteiger partial charge on any atom is -0.461 e. The Morgan fingerprint density at radius 3 is 2.34 bits per heavy atom. The van der Waals surface area contributed by atoms with E-state index in [-0.39, 0.29) is 18.3 Å². The fraction of sp³-hybridized carbons (Fsp3) is 0.615. The highest BCUT2D eigenvalue weighted by molar-refractivity contribution is 5.99. The van der Waals surface area contributed by atoms with Crippen molar-refractivity contribution < 1.29 is 24.2 Å². The quantitative estimate of drug-likeness (QED) is 0.293. The summed E-state index contributed by atoms with van der Waals surface area (Å²) >= 11 is 0. The number of benzene rings is 1. The second-order valence-corrected chi connectivity index (χ2v) is 9.07. The Balaban J connectivity index is 2.04. The van der Waals surface area contributed by atoms with Crippen molar-refractivity contribution in [3.8, 4) is 0 Å². The SMILES string of the molecule is CC[C@@H](C)C(=O)C(C)C(=O)OC[C@@]1(C)OC(O)N1C/C(=C/Cc1ccccc1)[C@H](C)CC. The van der Waals surface area contributed by atoms with Crippen LogP contribution in [0.2, 0.25) is 0 Å². The third kappa shape index (κ3) is 6.50. The van der Waals surface area contributed by atoms with Crippen LogP contribution in [0.25, 0.3) is 0 Å². The zero-order valence-corrected chi connectivity index (χ0v) is 20.3. The third-order valence-corrected chi connectivity index (χ3v) is 6.64. The van der Waals surface area contributed by atoms with E-state index < -0.39 is 24.0 Å². The maximum absolute atomic E-state index is 12.4. The molecular formula is C26H39NO5. The highest BCUT2D eigenvalue weighted by Crippen LogP contribution is 2.34. The molecule has 1 fully saturated rings. The number of carbonyl (C=O) groups excluding carboxylic acids is 2. The average molecular weight is 446 g/mol. The first-order chi connectivity index (χ1) is 15.1. The molecule has 6 nitrogen and oxygen atoms in total. The van der Waals surface area contributed by atoms with Gasteiger partial charge in [0, 0.05) is 12.5 Å². The van der Waals surface area contributed by atoms with Gasteiger partial charge in [-0.3, -0.25) is 9.59 Å². The molecule has 1 heterocycles. The first-order valence-corrected chi connectivity index (χ1v) is 11.7. The van der Waals surface area contributed by atoms with E-state index in [1.165, 1.54) is 11.1 Å². The molecule has 1 N–H and O–H groups in total. The van der Waals surface area contributed by atoms with E-state index >= 15 is 0 Å².